The number of ketones is 1. The maximum atomic E-state index is 13.9. The molecule has 0 spiro atoms. The fourth-order valence-electron chi connectivity index (χ4n) is 5.43. The Morgan fingerprint density at radius 1 is 0.923 bits per heavy atom. The SMILES string of the molecule is NCc1cccc(C(=O)NC(Cc2ccc(O)cc2)C(=O)N2CCC3C2C(=O)CN3C(=O)c2ccccc2)c1. The Hall–Kier alpha value is -4.50. The van der Waals surface area contributed by atoms with Gasteiger partial charge in [-0.05, 0) is 53.9 Å². The monoisotopic (exact) mass is 526 g/mol. The molecule has 3 aromatic carbocycles. The highest BCUT2D eigenvalue weighted by atomic mass is 16.3. The van der Waals surface area contributed by atoms with E-state index < -0.39 is 24.0 Å². The molecular formula is C30H30N4O5. The highest BCUT2D eigenvalue weighted by Gasteiger charge is 2.52. The molecule has 0 aromatic heterocycles. The Morgan fingerprint density at radius 2 is 1.64 bits per heavy atom. The number of Topliss-reactive ketones (excluding diaryl/α,β-unsaturated/α-hetero) is 1. The molecule has 0 aliphatic carbocycles. The van der Waals surface area contributed by atoms with Crippen molar-refractivity contribution in [2.75, 3.05) is 13.1 Å². The van der Waals surface area contributed by atoms with Crippen LogP contribution in [0.4, 0.5) is 0 Å². The molecule has 9 heteroatoms. The minimum absolute atomic E-state index is 0.0618. The van der Waals surface area contributed by atoms with E-state index in [1.807, 2.05) is 12.1 Å². The number of benzene rings is 3. The van der Waals surface area contributed by atoms with Crippen LogP contribution in [0.25, 0.3) is 0 Å². The summed E-state index contributed by atoms with van der Waals surface area (Å²) < 4.78 is 0. The van der Waals surface area contributed by atoms with E-state index in [4.69, 9.17) is 5.73 Å². The summed E-state index contributed by atoms with van der Waals surface area (Å²) in [6.45, 7) is 0.505. The normalized spacial score (nSPS) is 19.1. The molecule has 9 nitrogen and oxygen atoms in total. The Bertz CT molecular complexity index is 1390. The van der Waals surface area contributed by atoms with E-state index in [0.29, 0.717) is 24.1 Å². The zero-order chi connectivity index (χ0) is 27.5. The predicted molar refractivity (Wildman–Crippen MR) is 144 cm³/mol. The number of hydrogen-bond acceptors (Lipinski definition) is 6. The van der Waals surface area contributed by atoms with Gasteiger partial charge in [0.2, 0.25) is 5.91 Å². The van der Waals surface area contributed by atoms with Crippen molar-refractivity contribution in [3.63, 3.8) is 0 Å². The summed E-state index contributed by atoms with van der Waals surface area (Å²) >= 11 is 0. The van der Waals surface area contributed by atoms with Gasteiger partial charge >= 0.3 is 0 Å². The first-order valence-corrected chi connectivity index (χ1v) is 12.9. The summed E-state index contributed by atoms with van der Waals surface area (Å²) in [4.78, 5) is 56.5. The smallest absolute Gasteiger partial charge is 0.254 e. The number of carbonyl (C=O) groups excluding carboxylic acids is 4. The minimum atomic E-state index is -0.964. The summed E-state index contributed by atoms with van der Waals surface area (Å²) in [5, 5.41) is 12.5. The number of nitrogens with one attached hydrogen (secondary N) is 1. The first-order valence-electron chi connectivity index (χ1n) is 12.9. The Balaban J connectivity index is 1.38. The van der Waals surface area contributed by atoms with Gasteiger partial charge in [0.25, 0.3) is 11.8 Å². The number of rotatable bonds is 7. The number of fused-ring (bicyclic) bond motifs is 1. The standard InChI is InChI=1S/C30H30N4O5/c31-17-20-5-4-8-22(15-20)28(37)32-24(16-19-9-11-23(35)12-10-19)30(39)33-14-13-25-27(33)26(36)18-34(25)29(38)21-6-2-1-3-7-21/h1-12,15,24-25,27,35H,13-14,16-18,31H2,(H,32,37). The van der Waals surface area contributed by atoms with Gasteiger partial charge in [0.05, 0.1) is 12.6 Å². The molecule has 3 aromatic rings. The van der Waals surface area contributed by atoms with Gasteiger partial charge in [0, 0.05) is 30.6 Å². The molecule has 4 N–H and O–H groups in total. The maximum absolute atomic E-state index is 13.9. The van der Waals surface area contributed by atoms with E-state index in [9.17, 15) is 24.3 Å². The zero-order valence-corrected chi connectivity index (χ0v) is 21.3. The lowest BCUT2D eigenvalue weighted by atomic mass is 10.0. The van der Waals surface area contributed by atoms with Crippen molar-refractivity contribution in [3.05, 3.63) is 101 Å². The molecule has 0 saturated carbocycles. The van der Waals surface area contributed by atoms with Crippen LogP contribution in [0.3, 0.4) is 0 Å². The van der Waals surface area contributed by atoms with E-state index in [0.717, 1.165) is 11.1 Å². The van der Waals surface area contributed by atoms with Crippen molar-refractivity contribution in [2.24, 2.45) is 5.73 Å². The highest BCUT2D eigenvalue weighted by molar-refractivity contribution is 6.03. The number of phenolic OH excluding ortho intramolecular Hbond substituents is 1. The van der Waals surface area contributed by atoms with Gasteiger partial charge < -0.3 is 26.0 Å². The Labute approximate surface area is 226 Å². The minimum Gasteiger partial charge on any atom is -0.508 e. The van der Waals surface area contributed by atoms with Gasteiger partial charge in [-0.2, -0.15) is 0 Å². The third kappa shape index (κ3) is 5.39. The van der Waals surface area contributed by atoms with Gasteiger partial charge in [0.1, 0.15) is 17.8 Å². The number of nitrogens with zero attached hydrogens (tertiary/aromatic N) is 2. The number of phenols is 1. The van der Waals surface area contributed by atoms with Gasteiger partial charge in [-0.25, -0.2) is 0 Å². The number of likely N-dealkylation sites (tertiary alicyclic amines) is 2. The second-order valence-corrected chi connectivity index (χ2v) is 9.90. The highest BCUT2D eigenvalue weighted by Crippen LogP contribution is 2.31. The summed E-state index contributed by atoms with van der Waals surface area (Å²) in [7, 11) is 0. The molecule has 200 valence electrons. The van der Waals surface area contributed by atoms with Gasteiger partial charge in [-0.1, -0.05) is 42.5 Å². The first-order chi connectivity index (χ1) is 18.9. The molecule has 3 unspecified atom stereocenters. The third-order valence-electron chi connectivity index (χ3n) is 7.39. The predicted octanol–water partition coefficient (Wildman–Crippen LogP) is 1.89. The second kappa shape index (κ2) is 11.1. The van der Waals surface area contributed by atoms with E-state index in [2.05, 4.69) is 5.32 Å². The Kier molecular flexibility index (Phi) is 7.42. The summed E-state index contributed by atoms with van der Waals surface area (Å²) in [5.41, 5.74) is 8.11. The molecule has 2 saturated heterocycles. The van der Waals surface area contributed by atoms with Crippen molar-refractivity contribution < 1.29 is 24.3 Å². The maximum Gasteiger partial charge on any atom is 0.254 e. The molecule has 39 heavy (non-hydrogen) atoms. The van der Waals surface area contributed by atoms with Crippen LogP contribution in [-0.4, -0.2) is 69.6 Å². The fraction of sp³-hybridized carbons (Fsp3) is 0.267. The second-order valence-electron chi connectivity index (χ2n) is 9.90. The van der Waals surface area contributed by atoms with Crippen LogP contribution in [-0.2, 0) is 22.6 Å². The van der Waals surface area contributed by atoms with Crippen LogP contribution in [0.5, 0.6) is 5.75 Å². The molecule has 2 heterocycles. The molecule has 2 aliphatic heterocycles. The van der Waals surface area contributed by atoms with Crippen LogP contribution in [0.2, 0.25) is 0 Å². The number of aromatic hydroxyl groups is 1. The summed E-state index contributed by atoms with van der Waals surface area (Å²) in [6.07, 6.45) is 0.634. The van der Waals surface area contributed by atoms with Crippen molar-refractivity contribution in [1.29, 1.82) is 0 Å². The lowest BCUT2D eigenvalue weighted by Gasteiger charge is -2.28. The van der Waals surface area contributed by atoms with E-state index in [-0.39, 0.29) is 42.9 Å². The third-order valence-corrected chi connectivity index (χ3v) is 7.39. The van der Waals surface area contributed by atoms with Crippen molar-refractivity contribution in [2.45, 2.75) is 37.5 Å². The molecule has 3 atom stereocenters. The molecule has 3 amide bonds. The first kappa shape index (κ1) is 26.1. The average molecular weight is 527 g/mol. The number of nitrogens with two attached hydrogens (primary N) is 1. The van der Waals surface area contributed by atoms with E-state index in [1.54, 1.807) is 59.5 Å². The van der Waals surface area contributed by atoms with Crippen LogP contribution in [0.15, 0.2) is 78.9 Å². The van der Waals surface area contributed by atoms with Crippen LogP contribution >= 0.6 is 0 Å². The van der Waals surface area contributed by atoms with E-state index in [1.165, 1.54) is 17.0 Å². The quantitative estimate of drug-likeness (QED) is 0.431. The summed E-state index contributed by atoms with van der Waals surface area (Å²) in [6, 6.07) is 19.9. The lowest BCUT2D eigenvalue weighted by Crippen LogP contribution is -2.53. The van der Waals surface area contributed by atoms with Crippen LogP contribution in [0.1, 0.15) is 38.3 Å². The number of hydrogen-bond donors (Lipinski definition) is 3. The van der Waals surface area contributed by atoms with Gasteiger partial charge in [-0.15, -0.1) is 0 Å². The van der Waals surface area contributed by atoms with Gasteiger partial charge in [0.15, 0.2) is 5.78 Å². The van der Waals surface area contributed by atoms with Crippen molar-refractivity contribution >= 4 is 23.5 Å². The molecule has 0 bridgehead atoms. The largest absolute Gasteiger partial charge is 0.508 e. The number of carbonyl (C=O) groups is 4. The Morgan fingerprint density at radius 3 is 2.36 bits per heavy atom. The fourth-order valence-corrected chi connectivity index (χ4v) is 5.43. The molecule has 0 radical (unpaired) electrons. The topological polar surface area (TPSA) is 133 Å². The zero-order valence-electron chi connectivity index (χ0n) is 21.3. The van der Waals surface area contributed by atoms with Crippen LogP contribution < -0.4 is 11.1 Å². The number of amides is 3. The lowest BCUT2D eigenvalue weighted by molar-refractivity contribution is -0.138. The molecule has 2 fully saturated rings. The van der Waals surface area contributed by atoms with Crippen molar-refractivity contribution in [3.8, 4) is 5.75 Å². The van der Waals surface area contributed by atoms with Gasteiger partial charge in [-0.3, -0.25) is 19.2 Å². The summed E-state index contributed by atoms with van der Waals surface area (Å²) in [5.74, 6) is -1.16. The molecule has 5 rings (SSSR count). The van der Waals surface area contributed by atoms with Crippen LogP contribution in [0, 0.1) is 0 Å². The molecule has 2 aliphatic rings. The van der Waals surface area contributed by atoms with Crippen molar-refractivity contribution in [1.82, 2.24) is 15.1 Å². The molecular weight excluding hydrogens is 496 g/mol. The average Bonchev–Trinajstić information content (AvgIpc) is 3.54. The van der Waals surface area contributed by atoms with E-state index >= 15 is 0 Å².